The van der Waals surface area contributed by atoms with Gasteiger partial charge in [-0.05, 0) is 31.8 Å². The van der Waals surface area contributed by atoms with E-state index >= 15 is 0 Å². The minimum absolute atomic E-state index is 0.359. The summed E-state index contributed by atoms with van der Waals surface area (Å²) in [6, 6.07) is 0. The Morgan fingerprint density at radius 1 is 1.29 bits per heavy atom. The Morgan fingerprint density at radius 3 is 2.29 bits per heavy atom. The fourth-order valence-electron chi connectivity index (χ4n) is 1.61. The summed E-state index contributed by atoms with van der Waals surface area (Å²) in [5.41, 5.74) is 0. The number of hydrogen-bond acceptors (Lipinski definition) is 3. The molecule has 1 aliphatic rings. The van der Waals surface area contributed by atoms with Crippen LogP contribution in [0.3, 0.4) is 0 Å². The molecule has 1 rings (SSSR count). The average molecular weight is 203 g/mol. The van der Waals surface area contributed by atoms with E-state index in [1.807, 2.05) is 13.8 Å². The summed E-state index contributed by atoms with van der Waals surface area (Å²) in [5.74, 6) is 0.545. The van der Waals surface area contributed by atoms with E-state index in [1.165, 1.54) is 0 Å². The molecule has 0 bridgehead atoms. The molecule has 86 valence electrons. The Morgan fingerprint density at radius 2 is 1.86 bits per heavy atom. The summed E-state index contributed by atoms with van der Waals surface area (Å²) in [5, 5.41) is 8.91. The summed E-state index contributed by atoms with van der Waals surface area (Å²) >= 11 is 0. The van der Waals surface area contributed by atoms with Crippen LogP contribution in [0.15, 0.2) is 0 Å². The number of aliphatic hydroxyl groups excluding tert-OH is 1. The highest BCUT2D eigenvalue weighted by molar-refractivity contribution is 4.71. The number of rotatable bonds is 4. The Hall–Kier alpha value is -0.120. The first-order valence-electron chi connectivity index (χ1n) is 5.69. The van der Waals surface area contributed by atoms with Gasteiger partial charge in [0.1, 0.15) is 0 Å². The highest BCUT2D eigenvalue weighted by Gasteiger charge is 2.17. The van der Waals surface area contributed by atoms with Crippen LogP contribution in [-0.2, 0) is 4.74 Å². The van der Waals surface area contributed by atoms with Gasteiger partial charge in [-0.15, -0.1) is 0 Å². The molecule has 3 nitrogen and oxygen atoms in total. The van der Waals surface area contributed by atoms with E-state index in [0.717, 1.165) is 39.1 Å². The van der Waals surface area contributed by atoms with Crippen molar-refractivity contribution < 1.29 is 9.84 Å². The number of ether oxygens (including phenoxy) is 1. The molecule has 0 aliphatic carbocycles. The molecule has 1 fully saturated rings. The molecule has 0 aromatic carbocycles. The molecule has 0 aromatic rings. The van der Waals surface area contributed by atoms with E-state index in [9.17, 15) is 0 Å². The number of methoxy groups -OCH3 is 1. The summed E-state index contributed by atoms with van der Waals surface area (Å²) < 4.78 is 5.01. The third-order valence-electron chi connectivity index (χ3n) is 2.58. The van der Waals surface area contributed by atoms with Crippen molar-refractivity contribution in [1.29, 1.82) is 0 Å². The molecule has 0 aromatic heterocycles. The normalized spacial score (nSPS) is 18.9. The van der Waals surface area contributed by atoms with Gasteiger partial charge in [-0.2, -0.15) is 0 Å². The van der Waals surface area contributed by atoms with Gasteiger partial charge in [-0.25, -0.2) is 0 Å². The van der Waals surface area contributed by atoms with Crippen molar-refractivity contribution in [3.05, 3.63) is 0 Å². The summed E-state index contributed by atoms with van der Waals surface area (Å²) in [6.45, 7) is 8.46. The maximum absolute atomic E-state index is 8.91. The van der Waals surface area contributed by atoms with Crippen molar-refractivity contribution >= 4 is 0 Å². The standard InChI is InChI=1S/C9H19NO2.C2H6/c1-12-7-6-10-4-2-9(8-11)3-5-10;1-2/h9,11H,2-8H2,1H3;1-2H3. The largest absolute Gasteiger partial charge is 0.396 e. The van der Waals surface area contributed by atoms with Crippen LogP contribution in [0.25, 0.3) is 0 Å². The second-order valence-electron chi connectivity index (χ2n) is 3.46. The third-order valence-corrected chi connectivity index (χ3v) is 2.58. The summed E-state index contributed by atoms with van der Waals surface area (Å²) in [7, 11) is 1.74. The lowest BCUT2D eigenvalue weighted by Crippen LogP contribution is -2.36. The Kier molecular flexibility index (Phi) is 9.35. The first kappa shape index (κ1) is 13.9. The van der Waals surface area contributed by atoms with E-state index in [-0.39, 0.29) is 0 Å². The Balaban J connectivity index is 0.000000791. The lowest BCUT2D eigenvalue weighted by molar-refractivity contribution is 0.100. The van der Waals surface area contributed by atoms with Crippen molar-refractivity contribution in [3.63, 3.8) is 0 Å². The molecule has 1 N–H and O–H groups in total. The van der Waals surface area contributed by atoms with E-state index < -0.39 is 0 Å². The second kappa shape index (κ2) is 9.44. The zero-order valence-electron chi connectivity index (χ0n) is 9.83. The van der Waals surface area contributed by atoms with Gasteiger partial charge in [0.15, 0.2) is 0 Å². The molecule has 1 saturated heterocycles. The first-order valence-corrected chi connectivity index (χ1v) is 5.69. The van der Waals surface area contributed by atoms with Crippen molar-refractivity contribution in [2.24, 2.45) is 5.92 Å². The van der Waals surface area contributed by atoms with E-state index in [1.54, 1.807) is 7.11 Å². The van der Waals surface area contributed by atoms with Gasteiger partial charge in [-0.1, -0.05) is 13.8 Å². The fraction of sp³-hybridized carbons (Fsp3) is 1.00. The van der Waals surface area contributed by atoms with E-state index in [2.05, 4.69) is 4.90 Å². The number of likely N-dealkylation sites (tertiary alicyclic amines) is 1. The molecular weight excluding hydrogens is 178 g/mol. The number of aliphatic hydroxyl groups is 1. The molecule has 0 saturated carbocycles. The lowest BCUT2D eigenvalue weighted by atomic mass is 9.98. The van der Waals surface area contributed by atoms with Crippen molar-refractivity contribution in [3.8, 4) is 0 Å². The number of piperidine rings is 1. The predicted octanol–water partition coefficient (Wildman–Crippen LogP) is 1.36. The van der Waals surface area contributed by atoms with Crippen LogP contribution in [0.5, 0.6) is 0 Å². The molecule has 0 spiro atoms. The zero-order chi connectivity index (χ0) is 10.8. The summed E-state index contributed by atoms with van der Waals surface area (Å²) in [6.07, 6.45) is 2.28. The monoisotopic (exact) mass is 203 g/mol. The van der Waals surface area contributed by atoms with Gasteiger partial charge in [0, 0.05) is 20.3 Å². The van der Waals surface area contributed by atoms with Crippen molar-refractivity contribution in [1.82, 2.24) is 4.90 Å². The smallest absolute Gasteiger partial charge is 0.0589 e. The molecule has 3 heteroatoms. The van der Waals surface area contributed by atoms with Gasteiger partial charge in [0.25, 0.3) is 0 Å². The molecule has 0 unspecified atom stereocenters. The number of nitrogens with zero attached hydrogens (tertiary/aromatic N) is 1. The SMILES string of the molecule is CC.COCCN1CCC(CO)CC1. The number of hydrogen-bond donors (Lipinski definition) is 1. The third kappa shape index (κ3) is 5.58. The first-order chi connectivity index (χ1) is 6.86. The van der Waals surface area contributed by atoms with Crippen molar-refractivity contribution in [2.75, 3.05) is 40.0 Å². The molecule has 0 atom stereocenters. The van der Waals surface area contributed by atoms with Crippen LogP contribution in [0.2, 0.25) is 0 Å². The predicted molar refractivity (Wildman–Crippen MR) is 59.5 cm³/mol. The molecule has 0 amide bonds. The van der Waals surface area contributed by atoms with Crippen molar-refractivity contribution in [2.45, 2.75) is 26.7 Å². The minimum atomic E-state index is 0.359. The Bertz CT molecular complexity index is 112. The van der Waals surface area contributed by atoms with Crippen LogP contribution >= 0.6 is 0 Å². The van der Waals surface area contributed by atoms with Gasteiger partial charge in [-0.3, -0.25) is 0 Å². The topological polar surface area (TPSA) is 32.7 Å². The van der Waals surface area contributed by atoms with Gasteiger partial charge in [0.2, 0.25) is 0 Å². The molecule has 14 heavy (non-hydrogen) atoms. The Labute approximate surface area is 88.1 Å². The average Bonchev–Trinajstić information content (AvgIpc) is 2.30. The van der Waals surface area contributed by atoms with Crippen LogP contribution in [0.4, 0.5) is 0 Å². The molecule has 1 heterocycles. The van der Waals surface area contributed by atoms with E-state index in [0.29, 0.717) is 12.5 Å². The van der Waals surface area contributed by atoms with Gasteiger partial charge >= 0.3 is 0 Å². The van der Waals surface area contributed by atoms with Crippen LogP contribution in [0.1, 0.15) is 26.7 Å². The highest BCUT2D eigenvalue weighted by atomic mass is 16.5. The zero-order valence-corrected chi connectivity index (χ0v) is 9.83. The van der Waals surface area contributed by atoms with E-state index in [4.69, 9.17) is 9.84 Å². The van der Waals surface area contributed by atoms with Gasteiger partial charge in [0.05, 0.1) is 6.61 Å². The summed E-state index contributed by atoms with van der Waals surface area (Å²) in [4.78, 5) is 2.40. The molecule has 1 aliphatic heterocycles. The van der Waals surface area contributed by atoms with Crippen LogP contribution in [-0.4, -0.2) is 50.0 Å². The quantitative estimate of drug-likeness (QED) is 0.749. The lowest BCUT2D eigenvalue weighted by Gasteiger charge is -2.30. The highest BCUT2D eigenvalue weighted by Crippen LogP contribution is 2.15. The second-order valence-corrected chi connectivity index (χ2v) is 3.46. The van der Waals surface area contributed by atoms with Gasteiger partial charge < -0.3 is 14.7 Å². The maximum Gasteiger partial charge on any atom is 0.0589 e. The molecular formula is C11H25NO2. The fourth-order valence-corrected chi connectivity index (χ4v) is 1.61. The van der Waals surface area contributed by atoms with Crippen LogP contribution in [0, 0.1) is 5.92 Å². The van der Waals surface area contributed by atoms with Crippen LogP contribution < -0.4 is 0 Å². The minimum Gasteiger partial charge on any atom is -0.396 e. The molecule has 0 radical (unpaired) electrons. The maximum atomic E-state index is 8.91.